The van der Waals surface area contributed by atoms with Gasteiger partial charge in [-0.15, -0.1) is 11.8 Å². The van der Waals surface area contributed by atoms with E-state index >= 15 is 0 Å². The molecule has 0 atom stereocenters. The van der Waals surface area contributed by atoms with E-state index in [9.17, 15) is 0 Å². The standard InChI is InChI=1S/C17H20N2OS/c1-11-5-7-12(8-6-11)15-18-14-9-17(2,3)20-10-13(14)16(19-15)21-4/h5-8H,9-10H2,1-4H3. The first kappa shape index (κ1) is 14.5. The number of nitrogens with zero attached hydrogens (tertiary/aromatic N) is 2. The van der Waals surface area contributed by atoms with Crippen LogP contribution in [-0.2, 0) is 17.8 Å². The molecule has 21 heavy (non-hydrogen) atoms. The molecule has 0 radical (unpaired) electrons. The lowest BCUT2D eigenvalue weighted by Crippen LogP contribution is -2.33. The zero-order chi connectivity index (χ0) is 15.0. The molecule has 3 nitrogen and oxygen atoms in total. The smallest absolute Gasteiger partial charge is 0.160 e. The van der Waals surface area contributed by atoms with E-state index in [0.717, 1.165) is 34.1 Å². The van der Waals surface area contributed by atoms with Gasteiger partial charge in [0.25, 0.3) is 0 Å². The molecule has 1 aliphatic rings. The third kappa shape index (κ3) is 2.97. The Kier molecular flexibility index (Phi) is 3.76. The number of thioether (sulfide) groups is 1. The van der Waals surface area contributed by atoms with Gasteiger partial charge < -0.3 is 4.74 Å². The summed E-state index contributed by atoms with van der Waals surface area (Å²) in [5.74, 6) is 0.816. The van der Waals surface area contributed by atoms with Gasteiger partial charge in [-0.2, -0.15) is 0 Å². The summed E-state index contributed by atoms with van der Waals surface area (Å²) in [6.45, 7) is 6.92. The van der Waals surface area contributed by atoms with Crippen molar-refractivity contribution in [3.05, 3.63) is 41.1 Å². The SMILES string of the molecule is CSc1nc(-c2ccc(C)cc2)nc2c1COC(C)(C)C2. The number of rotatable bonds is 2. The van der Waals surface area contributed by atoms with Crippen molar-refractivity contribution < 1.29 is 4.74 Å². The van der Waals surface area contributed by atoms with Crippen LogP contribution < -0.4 is 0 Å². The Morgan fingerprint density at radius 1 is 1.14 bits per heavy atom. The third-order valence-electron chi connectivity index (χ3n) is 3.76. The van der Waals surface area contributed by atoms with Crippen molar-refractivity contribution in [2.75, 3.05) is 6.26 Å². The fourth-order valence-electron chi connectivity index (χ4n) is 2.52. The number of aryl methyl sites for hydroxylation is 1. The molecule has 1 aliphatic heterocycles. The second-order valence-corrected chi connectivity index (χ2v) is 6.87. The van der Waals surface area contributed by atoms with Crippen LogP contribution >= 0.6 is 11.8 Å². The van der Waals surface area contributed by atoms with Crippen molar-refractivity contribution in [2.24, 2.45) is 0 Å². The van der Waals surface area contributed by atoms with Crippen LogP contribution in [0.1, 0.15) is 30.7 Å². The van der Waals surface area contributed by atoms with Gasteiger partial charge in [-0.1, -0.05) is 29.8 Å². The summed E-state index contributed by atoms with van der Waals surface area (Å²) in [5.41, 5.74) is 4.44. The van der Waals surface area contributed by atoms with Crippen molar-refractivity contribution in [2.45, 2.75) is 44.4 Å². The lowest BCUT2D eigenvalue weighted by atomic mass is 9.96. The fraction of sp³-hybridized carbons (Fsp3) is 0.412. The number of hydrogen-bond donors (Lipinski definition) is 0. The monoisotopic (exact) mass is 300 g/mol. The molecule has 0 N–H and O–H groups in total. The molecule has 1 aromatic carbocycles. The first-order chi connectivity index (χ1) is 9.98. The van der Waals surface area contributed by atoms with Gasteiger partial charge in [0.05, 0.1) is 17.9 Å². The van der Waals surface area contributed by atoms with Gasteiger partial charge in [0.2, 0.25) is 0 Å². The molecule has 0 saturated heterocycles. The highest BCUT2D eigenvalue weighted by Crippen LogP contribution is 2.33. The summed E-state index contributed by atoms with van der Waals surface area (Å²) in [6, 6.07) is 8.38. The summed E-state index contributed by atoms with van der Waals surface area (Å²) in [4.78, 5) is 9.54. The van der Waals surface area contributed by atoms with Crippen LogP contribution in [0.15, 0.2) is 29.3 Å². The zero-order valence-corrected chi connectivity index (χ0v) is 13.8. The van der Waals surface area contributed by atoms with Gasteiger partial charge in [-0.25, -0.2) is 9.97 Å². The Bertz CT molecular complexity index is 665. The minimum Gasteiger partial charge on any atom is -0.370 e. The van der Waals surface area contributed by atoms with Gasteiger partial charge in [0.1, 0.15) is 5.03 Å². The van der Waals surface area contributed by atoms with Crippen LogP contribution in [0.25, 0.3) is 11.4 Å². The fourth-order valence-corrected chi connectivity index (χ4v) is 3.12. The summed E-state index contributed by atoms with van der Waals surface area (Å²) in [5, 5.41) is 1.03. The van der Waals surface area contributed by atoms with Crippen LogP contribution in [0.2, 0.25) is 0 Å². The van der Waals surface area contributed by atoms with Gasteiger partial charge in [0.15, 0.2) is 5.82 Å². The van der Waals surface area contributed by atoms with Crippen LogP contribution in [0, 0.1) is 6.92 Å². The van der Waals surface area contributed by atoms with Crippen molar-refractivity contribution in [3.63, 3.8) is 0 Å². The van der Waals surface area contributed by atoms with Gasteiger partial charge in [-0.3, -0.25) is 0 Å². The Morgan fingerprint density at radius 2 is 1.86 bits per heavy atom. The van der Waals surface area contributed by atoms with E-state index in [4.69, 9.17) is 14.7 Å². The number of benzene rings is 1. The summed E-state index contributed by atoms with van der Waals surface area (Å²) in [6.07, 6.45) is 2.89. The Hall–Kier alpha value is -1.39. The maximum Gasteiger partial charge on any atom is 0.160 e. The van der Waals surface area contributed by atoms with E-state index in [1.807, 2.05) is 0 Å². The van der Waals surface area contributed by atoms with Crippen LogP contribution in [0.3, 0.4) is 0 Å². The highest BCUT2D eigenvalue weighted by Gasteiger charge is 2.29. The first-order valence-electron chi connectivity index (χ1n) is 7.13. The lowest BCUT2D eigenvalue weighted by Gasteiger charge is -2.31. The summed E-state index contributed by atoms with van der Waals surface area (Å²) < 4.78 is 5.90. The van der Waals surface area contributed by atoms with Crippen LogP contribution in [-0.4, -0.2) is 21.8 Å². The Labute approximate surface area is 130 Å². The molecule has 0 unspecified atom stereocenters. The van der Waals surface area contributed by atoms with Crippen molar-refractivity contribution in [3.8, 4) is 11.4 Å². The van der Waals surface area contributed by atoms with E-state index in [-0.39, 0.29) is 5.60 Å². The average Bonchev–Trinajstić information content (AvgIpc) is 2.45. The maximum atomic E-state index is 5.90. The molecular formula is C17H20N2OS. The molecule has 2 heterocycles. The molecule has 3 rings (SSSR count). The van der Waals surface area contributed by atoms with E-state index in [2.05, 4.69) is 51.3 Å². The van der Waals surface area contributed by atoms with Gasteiger partial charge in [0, 0.05) is 17.5 Å². The Morgan fingerprint density at radius 3 is 2.52 bits per heavy atom. The van der Waals surface area contributed by atoms with Crippen molar-refractivity contribution in [1.29, 1.82) is 0 Å². The molecular weight excluding hydrogens is 280 g/mol. The first-order valence-corrected chi connectivity index (χ1v) is 8.36. The predicted molar refractivity (Wildman–Crippen MR) is 86.6 cm³/mol. The van der Waals surface area contributed by atoms with Gasteiger partial charge in [-0.05, 0) is 27.0 Å². The molecule has 0 amide bonds. The van der Waals surface area contributed by atoms with Crippen molar-refractivity contribution >= 4 is 11.8 Å². The molecule has 0 bridgehead atoms. The number of ether oxygens (including phenoxy) is 1. The number of aromatic nitrogens is 2. The maximum absolute atomic E-state index is 5.90. The molecule has 0 saturated carbocycles. The molecule has 1 aromatic heterocycles. The molecule has 0 fully saturated rings. The van der Waals surface area contributed by atoms with E-state index in [1.165, 1.54) is 5.56 Å². The molecule has 0 spiro atoms. The minimum absolute atomic E-state index is 0.151. The summed E-state index contributed by atoms with van der Waals surface area (Å²) >= 11 is 1.66. The Balaban J connectivity index is 2.09. The third-order valence-corrected chi connectivity index (χ3v) is 4.48. The lowest BCUT2D eigenvalue weighted by molar-refractivity contribution is -0.0428. The number of fused-ring (bicyclic) bond motifs is 1. The highest BCUT2D eigenvalue weighted by atomic mass is 32.2. The van der Waals surface area contributed by atoms with Crippen molar-refractivity contribution in [1.82, 2.24) is 9.97 Å². The zero-order valence-electron chi connectivity index (χ0n) is 12.9. The van der Waals surface area contributed by atoms with E-state index in [0.29, 0.717) is 6.61 Å². The van der Waals surface area contributed by atoms with Crippen LogP contribution in [0.4, 0.5) is 0 Å². The number of hydrogen-bond acceptors (Lipinski definition) is 4. The quantitative estimate of drug-likeness (QED) is 0.619. The predicted octanol–water partition coefficient (Wildman–Crippen LogP) is 4.03. The normalized spacial score (nSPS) is 16.6. The highest BCUT2D eigenvalue weighted by molar-refractivity contribution is 7.98. The topological polar surface area (TPSA) is 35.0 Å². The largest absolute Gasteiger partial charge is 0.370 e. The second-order valence-electron chi connectivity index (χ2n) is 6.07. The summed E-state index contributed by atoms with van der Waals surface area (Å²) in [7, 11) is 0. The molecule has 110 valence electrons. The van der Waals surface area contributed by atoms with Gasteiger partial charge >= 0.3 is 0 Å². The second kappa shape index (κ2) is 5.43. The molecule has 4 heteroatoms. The minimum atomic E-state index is -0.151. The average molecular weight is 300 g/mol. The molecule has 0 aliphatic carbocycles. The van der Waals surface area contributed by atoms with Crippen LogP contribution in [0.5, 0.6) is 0 Å². The van der Waals surface area contributed by atoms with E-state index < -0.39 is 0 Å². The molecule has 2 aromatic rings. The van der Waals surface area contributed by atoms with E-state index in [1.54, 1.807) is 11.8 Å².